The summed E-state index contributed by atoms with van der Waals surface area (Å²) in [6.45, 7) is 9.19. The molecule has 0 heterocycles. The molecule has 0 unspecified atom stereocenters. The molecule has 0 amide bonds. The van der Waals surface area contributed by atoms with Gasteiger partial charge in [-0.25, -0.2) is 4.79 Å². The van der Waals surface area contributed by atoms with Gasteiger partial charge in [-0.15, -0.1) is 0 Å². The van der Waals surface area contributed by atoms with Crippen molar-refractivity contribution in [1.82, 2.24) is 0 Å². The summed E-state index contributed by atoms with van der Waals surface area (Å²) in [6, 6.07) is 0. The minimum atomic E-state index is -1.10. The monoisotopic (exact) mass is 324 g/mol. The highest BCUT2D eigenvalue weighted by Gasteiger charge is 2.56. The number of rotatable bonds is 3. The van der Waals surface area contributed by atoms with Gasteiger partial charge in [0.25, 0.3) is 0 Å². The number of esters is 2. The maximum atomic E-state index is 11.8. The molecule has 0 aromatic rings. The van der Waals surface area contributed by atoms with Gasteiger partial charge in [-0.3, -0.25) is 4.79 Å². The van der Waals surface area contributed by atoms with E-state index in [2.05, 4.69) is 13.5 Å². The third-order valence-electron chi connectivity index (χ3n) is 6.01. The van der Waals surface area contributed by atoms with Gasteiger partial charge in [0, 0.05) is 12.5 Å². The Labute approximate surface area is 138 Å². The Bertz CT molecular complexity index is 510. The molecule has 2 rings (SSSR count). The van der Waals surface area contributed by atoms with Crippen molar-refractivity contribution in [2.45, 2.75) is 64.6 Å². The molecule has 2 fully saturated rings. The van der Waals surface area contributed by atoms with Crippen LogP contribution in [0.15, 0.2) is 12.2 Å². The summed E-state index contributed by atoms with van der Waals surface area (Å²) in [6.07, 6.45) is 3.53. The van der Waals surface area contributed by atoms with Gasteiger partial charge in [-0.2, -0.15) is 0 Å². The van der Waals surface area contributed by atoms with Gasteiger partial charge in [-0.05, 0) is 56.3 Å². The lowest BCUT2D eigenvalue weighted by Crippen LogP contribution is -2.59. The van der Waals surface area contributed by atoms with E-state index in [0.717, 1.165) is 19.3 Å². The summed E-state index contributed by atoms with van der Waals surface area (Å²) >= 11 is 0. The van der Waals surface area contributed by atoms with Gasteiger partial charge in [0.15, 0.2) is 0 Å². The van der Waals surface area contributed by atoms with Gasteiger partial charge in [0.1, 0.15) is 11.7 Å². The molecule has 0 radical (unpaired) electrons. The summed E-state index contributed by atoms with van der Waals surface area (Å²) in [4.78, 5) is 23.1. The summed E-state index contributed by atoms with van der Waals surface area (Å²) in [5.41, 5.74) is -0.638. The summed E-state index contributed by atoms with van der Waals surface area (Å²) in [5, 5.41) is 11.1. The van der Waals surface area contributed by atoms with Crippen LogP contribution in [0.3, 0.4) is 0 Å². The van der Waals surface area contributed by atoms with Crippen LogP contribution < -0.4 is 0 Å². The topological polar surface area (TPSA) is 72.8 Å². The zero-order valence-corrected chi connectivity index (χ0v) is 14.6. The molecule has 0 aliphatic heterocycles. The number of carbonyl (C=O) groups is 2. The fourth-order valence-corrected chi connectivity index (χ4v) is 4.58. The highest BCUT2D eigenvalue weighted by atomic mass is 16.6. The number of fused-ring (bicyclic) bond motifs is 1. The van der Waals surface area contributed by atoms with Crippen molar-refractivity contribution in [2.75, 3.05) is 7.11 Å². The van der Waals surface area contributed by atoms with Gasteiger partial charge < -0.3 is 14.6 Å². The first kappa shape index (κ1) is 18.0. The van der Waals surface area contributed by atoms with Gasteiger partial charge >= 0.3 is 11.9 Å². The first-order chi connectivity index (χ1) is 10.6. The molecule has 0 aromatic heterocycles. The zero-order chi connectivity index (χ0) is 17.4. The molecule has 0 saturated heterocycles. The average Bonchev–Trinajstić information content (AvgIpc) is 2.48. The van der Waals surface area contributed by atoms with E-state index in [4.69, 9.17) is 9.47 Å². The van der Waals surface area contributed by atoms with E-state index in [0.29, 0.717) is 18.4 Å². The Morgan fingerprint density at radius 1 is 1.22 bits per heavy atom. The predicted molar refractivity (Wildman–Crippen MR) is 85.5 cm³/mol. The second-order valence-corrected chi connectivity index (χ2v) is 7.56. The molecule has 5 heteroatoms. The standard InChI is InChI=1S/C18H28O5/c1-11(16(20)22-5)13-6-8-17(3)9-7-15(23-12(2)19)18(4,21)14(17)10-13/h13-15,21H,1,6-10H2,2-5H3/t13-,14-,15-,17+,18+/m1/s1. The smallest absolute Gasteiger partial charge is 0.333 e. The minimum Gasteiger partial charge on any atom is -0.466 e. The second-order valence-electron chi connectivity index (χ2n) is 7.56. The van der Waals surface area contributed by atoms with E-state index in [1.54, 1.807) is 6.92 Å². The van der Waals surface area contributed by atoms with E-state index in [9.17, 15) is 14.7 Å². The van der Waals surface area contributed by atoms with Crippen LogP contribution in [0, 0.1) is 17.3 Å². The van der Waals surface area contributed by atoms with Gasteiger partial charge in [0.05, 0.1) is 7.11 Å². The van der Waals surface area contributed by atoms with Crippen molar-refractivity contribution in [1.29, 1.82) is 0 Å². The molecule has 2 aliphatic carbocycles. The van der Waals surface area contributed by atoms with Crippen molar-refractivity contribution in [3.05, 3.63) is 12.2 Å². The number of hydrogen-bond donors (Lipinski definition) is 1. The molecule has 2 saturated carbocycles. The van der Waals surface area contributed by atoms with Crippen LogP contribution in [0.1, 0.15) is 52.9 Å². The third-order valence-corrected chi connectivity index (χ3v) is 6.01. The lowest BCUT2D eigenvalue weighted by Gasteiger charge is -2.56. The molecule has 23 heavy (non-hydrogen) atoms. The highest BCUT2D eigenvalue weighted by Crippen LogP contribution is 2.56. The normalized spacial score (nSPS) is 40.0. The van der Waals surface area contributed by atoms with Crippen LogP contribution in [0.2, 0.25) is 0 Å². The lowest BCUT2D eigenvalue weighted by atomic mass is 9.52. The maximum Gasteiger partial charge on any atom is 0.333 e. The largest absolute Gasteiger partial charge is 0.466 e. The van der Waals surface area contributed by atoms with Crippen LogP contribution in [0.25, 0.3) is 0 Å². The lowest BCUT2D eigenvalue weighted by molar-refractivity contribution is -0.203. The number of ether oxygens (including phenoxy) is 2. The van der Waals surface area contributed by atoms with E-state index in [-0.39, 0.29) is 29.2 Å². The molecular weight excluding hydrogens is 296 g/mol. The molecule has 5 nitrogen and oxygen atoms in total. The zero-order valence-electron chi connectivity index (χ0n) is 14.6. The average molecular weight is 324 g/mol. The summed E-state index contributed by atoms with van der Waals surface area (Å²) in [5.74, 6) is -0.799. The Morgan fingerprint density at radius 2 is 1.83 bits per heavy atom. The Balaban J connectivity index is 2.22. The maximum absolute atomic E-state index is 11.8. The number of hydrogen-bond acceptors (Lipinski definition) is 5. The van der Waals surface area contributed by atoms with Crippen molar-refractivity contribution in [2.24, 2.45) is 17.3 Å². The molecule has 130 valence electrons. The van der Waals surface area contributed by atoms with Crippen LogP contribution in [-0.2, 0) is 19.1 Å². The molecule has 0 aromatic carbocycles. The summed E-state index contributed by atoms with van der Waals surface area (Å²) in [7, 11) is 1.36. The minimum absolute atomic E-state index is 0.00285. The first-order valence-corrected chi connectivity index (χ1v) is 8.28. The Hall–Kier alpha value is -1.36. The Kier molecular flexibility index (Phi) is 4.90. The first-order valence-electron chi connectivity index (χ1n) is 8.28. The molecule has 5 atom stereocenters. The fraction of sp³-hybridized carbons (Fsp3) is 0.778. The van der Waals surface area contributed by atoms with Crippen LogP contribution >= 0.6 is 0 Å². The van der Waals surface area contributed by atoms with E-state index in [1.807, 2.05) is 0 Å². The molecular formula is C18H28O5. The van der Waals surface area contributed by atoms with Crippen LogP contribution in [0.5, 0.6) is 0 Å². The SMILES string of the molecule is C=C(C(=O)OC)[C@@H]1CC[C@@]2(C)CC[C@@H](OC(C)=O)[C@@](C)(O)[C@@H]2C1. The second kappa shape index (κ2) is 6.27. The van der Waals surface area contributed by atoms with Gasteiger partial charge in [-0.1, -0.05) is 13.5 Å². The quantitative estimate of drug-likeness (QED) is 0.638. The van der Waals surface area contributed by atoms with E-state index >= 15 is 0 Å². The highest BCUT2D eigenvalue weighted by molar-refractivity contribution is 5.88. The van der Waals surface area contributed by atoms with Crippen LogP contribution in [0.4, 0.5) is 0 Å². The third kappa shape index (κ3) is 3.30. The Morgan fingerprint density at radius 3 is 2.39 bits per heavy atom. The predicted octanol–water partition coefficient (Wildman–Crippen LogP) is 2.61. The van der Waals surface area contributed by atoms with Crippen molar-refractivity contribution in [3.63, 3.8) is 0 Å². The molecule has 0 spiro atoms. The van der Waals surface area contributed by atoms with E-state index in [1.165, 1.54) is 14.0 Å². The van der Waals surface area contributed by atoms with Crippen LogP contribution in [-0.4, -0.2) is 35.9 Å². The number of aliphatic hydroxyl groups is 1. The van der Waals surface area contributed by atoms with Crippen molar-refractivity contribution in [3.8, 4) is 0 Å². The van der Waals surface area contributed by atoms with Crippen molar-refractivity contribution < 1.29 is 24.2 Å². The molecule has 1 N–H and O–H groups in total. The molecule has 0 bridgehead atoms. The van der Waals surface area contributed by atoms with Crippen molar-refractivity contribution >= 4 is 11.9 Å². The molecule has 2 aliphatic rings. The van der Waals surface area contributed by atoms with Gasteiger partial charge in [0.2, 0.25) is 0 Å². The number of carbonyl (C=O) groups excluding carboxylic acids is 2. The number of methoxy groups -OCH3 is 1. The summed E-state index contributed by atoms with van der Waals surface area (Å²) < 4.78 is 10.1. The van der Waals surface area contributed by atoms with E-state index < -0.39 is 11.7 Å². The fourth-order valence-electron chi connectivity index (χ4n) is 4.58.